The van der Waals surface area contributed by atoms with Crippen LogP contribution in [0.1, 0.15) is 0 Å². The van der Waals surface area contributed by atoms with Gasteiger partial charge in [0.2, 0.25) is 0 Å². The molecule has 0 aliphatic carbocycles. The van der Waals surface area contributed by atoms with Crippen molar-refractivity contribution in [2.75, 3.05) is 26.1 Å². The van der Waals surface area contributed by atoms with Gasteiger partial charge in [0.05, 0.1) is 6.61 Å². The fourth-order valence-electron chi connectivity index (χ4n) is 0.514. The van der Waals surface area contributed by atoms with Crippen LogP contribution in [0, 0.1) is 0 Å². The molecule has 0 bridgehead atoms. The molecule has 0 radical (unpaired) electrons. The molecule has 0 atom stereocenters. The molecule has 0 aromatic heterocycles. The van der Waals surface area contributed by atoms with E-state index in [9.17, 15) is 8.42 Å². The number of hydrogen-bond acceptors (Lipinski definition) is 4. The van der Waals surface area contributed by atoms with E-state index in [-0.39, 0.29) is 42.7 Å². The maximum atomic E-state index is 10.1. The number of aliphatic hydroxyl groups is 1. The summed E-state index contributed by atoms with van der Waals surface area (Å²) in [6.45, 7) is 0.117. The van der Waals surface area contributed by atoms with Crippen molar-refractivity contribution >= 4 is 39.7 Å². The van der Waals surface area contributed by atoms with Crippen molar-refractivity contribution in [3.8, 4) is 0 Å². The van der Waals surface area contributed by atoms with Gasteiger partial charge in [-0.05, 0) is 7.05 Å². The first-order valence-electron chi connectivity index (χ1n) is 2.70. The van der Waals surface area contributed by atoms with Gasteiger partial charge in [0.25, 0.3) is 10.1 Å². The molecule has 7 heteroatoms. The van der Waals surface area contributed by atoms with Crippen LogP contribution in [0.2, 0.25) is 0 Å². The maximum absolute atomic E-state index is 10.1. The molecule has 11 heavy (non-hydrogen) atoms. The third-order valence-electron chi connectivity index (χ3n) is 0.865. The van der Waals surface area contributed by atoms with Crippen molar-refractivity contribution in [1.29, 1.82) is 0 Å². The van der Waals surface area contributed by atoms with Crippen LogP contribution in [0.15, 0.2) is 0 Å². The van der Waals surface area contributed by atoms with E-state index in [0.29, 0.717) is 0 Å². The van der Waals surface area contributed by atoms with Gasteiger partial charge in [0, 0.05) is 6.54 Å². The first-order valence-corrected chi connectivity index (χ1v) is 4.31. The molecule has 0 unspecified atom stereocenters. The second kappa shape index (κ2) is 6.36. The molecule has 0 aromatic rings. The third kappa shape index (κ3) is 10.8. The summed E-state index contributed by atoms with van der Waals surface area (Å²) in [5, 5.41) is 8.32. The second-order valence-corrected chi connectivity index (χ2v) is 3.44. The Labute approximate surface area is 88.4 Å². The predicted molar refractivity (Wildman–Crippen MR) is 43.3 cm³/mol. The second-order valence-electron chi connectivity index (χ2n) is 2.01. The zero-order chi connectivity index (χ0) is 8.20. The molecule has 0 saturated carbocycles. The Morgan fingerprint density at radius 3 is 2.18 bits per heavy atom. The topological polar surface area (TPSA) is 77.8 Å². The van der Waals surface area contributed by atoms with Gasteiger partial charge in [-0.2, -0.15) is 8.42 Å². The number of nitrogens with zero attached hydrogens (tertiary/aromatic N) is 1. The van der Waals surface area contributed by atoms with E-state index in [1.807, 2.05) is 0 Å². The van der Waals surface area contributed by atoms with Crippen molar-refractivity contribution in [3.05, 3.63) is 0 Å². The monoisotopic (exact) mass is 193 g/mol. The fourth-order valence-corrected chi connectivity index (χ4v) is 1.20. The van der Waals surface area contributed by atoms with Crippen LogP contribution in [-0.4, -0.2) is 78.6 Å². The minimum absolute atomic E-state index is 0. The SMILES string of the molecule is CN(CCO)CS(=O)(=O)O.[NaH]. The zero-order valence-electron chi connectivity index (χ0n) is 5.69. The van der Waals surface area contributed by atoms with E-state index in [2.05, 4.69) is 0 Å². The van der Waals surface area contributed by atoms with E-state index in [4.69, 9.17) is 9.66 Å². The summed E-state index contributed by atoms with van der Waals surface area (Å²) in [6, 6.07) is 0. The molecular weight excluding hydrogens is 181 g/mol. The van der Waals surface area contributed by atoms with Crippen LogP contribution in [0.25, 0.3) is 0 Å². The first kappa shape index (κ1) is 14.4. The summed E-state index contributed by atoms with van der Waals surface area (Å²) in [5.74, 6) is -0.437. The molecule has 0 aliphatic rings. The predicted octanol–water partition coefficient (Wildman–Crippen LogP) is -1.89. The minimum atomic E-state index is -3.93. The van der Waals surface area contributed by atoms with Crippen LogP contribution >= 0.6 is 0 Å². The first-order chi connectivity index (χ1) is 4.45. The van der Waals surface area contributed by atoms with Gasteiger partial charge < -0.3 is 5.11 Å². The Balaban J connectivity index is 0. The van der Waals surface area contributed by atoms with E-state index in [1.165, 1.54) is 11.9 Å². The molecule has 0 heterocycles. The van der Waals surface area contributed by atoms with Crippen LogP contribution < -0.4 is 0 Å². The van der Waals surface area contributed by atoms with Crippen LogP contribution in [0.4, 0.5) is 0 Å². The molecule has 64 valence electrons. The molecular formula is C4H12NNaO4S. The van der Waals surface area contributed by atoms with Crippen LogP contribution in [0.3, 0.4) is 0 Å². The van der Waals surface area contributed by atoms with E-state index >= 15 is 0 Å². The Bertz CT molecular complexity index is 181. The molecule has 0 aromatic carbocycles. The molecule has 0 amide bonds. The quantitative estimate of drug-likeness (QED) is 0.403. The summed E-state index contributed by atoms with van der Waals surface area (Å²) in [7, 11) is -2.44. The molecule has 0 fully saturated rings. The number of likely N-dealkylation sites (N-methyl/N-ethyl adjacent to an activating group) is 1. The zero-order valence-corrected chi connectivity index (χ0v) is 6.50. The van der Waals surface area contributed by atoms with Gasteiger partial charge in [-0.25, -0.2) is 0 Å². The van der Waals surface area contributed by atoms with Gasteiger partial charge >= 0.3 is 29.6 Å². The Morgan fingerprint density at radius 1 is 1.45 bits per heavy atom. The van der Waals surface area contributed by atoms with Gasteiger partial charge in [0.15, 0.2) is 0 Å². The molecule has 0 rings (SSSR count). The summed E-state index contributed by atoms with van der Waals surface area (Å²) >= 11 is 0. The van der Waals surface area contributed by atoms with Crippen molar-refractivity contribution in [2.45, 2.75) is 0 Å². The number of hydrogen-bond donors (Lipinski definition) is 2. The Hall–Kier alpha value is 0.830. The summed E-state index contributed by atoms with van der Waals surface area (Å²) < 4.78 is 28.6. The normalized spacial score (nSPS) is 11.3. The summed E-state index contributed by atoms with van der Waals surface area (Å²) in [6.07, 6.45) is 0. The van der Waals surface area contributed by atoms with Crippen LogP contribution in [0.5, 0.6) is 0 Å². The molecule has 2 N–H and O–H groups in total. The van der Waals surface area contributed by atoms with Crippen molar-refractivity contribution in [2.24, 2.45) is 0 Å². The standard InChI is InChI=1S/C4H11NO4S.Na.H/c1-5(2-3-6)4-10(7,8)9;;/h6H,2-4H2,1H3,(H,7,8,9);;. The van der Waals surface area contributed by atoms with Gasteiger partial charge in [-0.1, -0.05) is 0 Å². The molecule has 5 nitrogen and oxygen atoms in total. The van der Waals surface area contributed by atoms with Crippen molar-refractivity contribution < 1.29 is 18.1 Å². The fraction of sp³-hybridized carbons (Fsp3) is 1.00. The Morgan fingerprint density at radius 2 is 1.91 bits per heavy atom. The third-order valence-corrected chi connectivity index (χ3v) is 1.63. The average Bonchev–Trinajstić information content (AvgIpc) is 1.59. The van der Waals surface area contributed by atoms with Gasteiger partial charge in [-0.3, -0.25) is 9.45 Å². The van der Waals surface area contributed by atoms with Crippen molar-refractivity contribution in [3.63, 3.8) is 0 Å². The van der Waals surface area contributed by atoms with E-state index in [1.54, 1.807) is 0 Å². The van der Waals surface area contributed by atoms with Crippen LogP contribution in [-0.2, 0) is 10.1 Å². The molecule has 0 saturated heterocycles. The number of rotatable bonds is 4. The molecule has 0 spiro atoms. The van der Waals surface area contributed by atoms with Gasteiger partial charge in [0.1, 0.15) is 5.88 Å². The summed E-state index contributed by atoms with van der Waals surface area (Å²) in [5.41, 5.74) is 0. The average molecular weight is 193 g/mol. The van der Waals surface area contributed by atoms with Gasteiger partial charge in [-0.15, -0.1) is 0 Å². The van der Waals surface area contributed by atoms with E-state index in [0.717, 1.165) is 0 Å². The van der Waals surface area contributed by atoms with Crippen molar-refractivity contribution in [1.82, 2.24) is 4.90 Å². The molecule has 0 aliphatic heterocycles. The Kier molecular flexibility index (Phi) is 8.30. The summed E-state index contributed by atoms with van der Waals surface area (Å²) in [4.78, 5) is 1.30. The number of aliphatic hydroxyl groups excluding tert-OH is 1. The van der Waals surface area contributed by atoms with E-state index < -0.39 is 16.0 Å².